The summed E-state index contributed by atoms with van der Waals surface area (Å²) in [5.41, 5.74) is 0.654. The zero-order valence-electron chi connectivity index (χ0n) is 13.0. The van der Waals surface area contributed by atoms with Gasteiger partial charge in [0.2, 0.25) is 17.4 Å². The molecule has 0 saturated carbocycles. The van der Waals surface area contributed by atoms with Crippen LogP contribution in [-0.4, -0.2) is 10.9 Å². The summed E-state index contributed by atoms with van der Waals surface area (Å²) in [7, 11) is 0. The maximum absolute atomic E-state index is 13.6. The number of rotatable bonds is 4. The van der Waals surface area contributed by atoms with E-state index in [0.29, 0.717) is 5.69 Å². The van der Waals surface area contributed by atoms with E-state index in [4.69, 9.17) is 4.74 Å². The molecule has 4 nitrogen and oxygen atoms in total. The summed E-state index contributed by atoms with van der Waals surface area (Å²) < 4.78 is 58.4. The first-order chi connectivity index (χ1) is 12.5. The number of carbonyl (C=O) groups excluding carboxylic acids is 1. The van der Waals surface area contributed by atoms with Gasteiger partial charge in [0.25, 0.3) is 17.8 Å². The predicted octanol–water partition coefficient (Wildman–Crippen LogP) is 4.68. The molecule has 0 bridgehead atoms. The summed E-state index contributed by atoms with van der Waals surface area (Å²) in [4.78, 5) is 14.7. The van der Waals surface area contributed by atoms with Crippen LogP contribution in [0.5, 0.6) is 11.5 Å². The summed E-state index contributed by atoms with van der Waals surface area (Å²) in [6.45, 7) is 0. The SMILES string of the molecule is O=C(Nc1ccccc1)c1cccc(Oc2c(F)c(F)nc(F)c2F)c1. The minimum Gasteiger partial charge on any atom is -0.451 e. The molecular weight excluding hydrogens is 352 g/mol. The number of nitrogens with one attached hydrogen (secondary N) is 1. The smallest absolute Gasteiger partial charge is 0.255 e. The number of carbonyl (C=O) groups is 1. The van der Waals surface area contributed by atoms with Gasteiger partial charge in [-0.2, -0.15) is 22.5 Å². The lowest BCUT2D eigenvalue weighted by Gasteiger charge is -2.10. The molecule has 26 heavy (non-hydrogen) atoms. The van der Waals surface area contributed by atoms with Crippen molar-refractivity contribution in [3.05, 3.63) is 83.7 Å². The molecule has 0 fully saturated rings. The summed E-state index contributed by atoms with van der Waals surface area (Å²) >= 11 is 0. The normalized spacial score (nSPS) is 10.5. The highest BCUT2D eigenvalue weighted by molar-refractivity contribution is 6.04. The maximum Gasteiger partial charge on any atom is 0.255 e. The van der Waals surface area contributed by atoms with E-state index in [-0.39, 0.29) is 11.3 Å². The summed E-state index contributed by atoms with van der Waals surface area (Å²) in [6.07, 6.45) is 0. The van der Waals surface area contributed by atoms with Gasteiger partial charge in [-0.25, -0.2) is 0 Å². The van der Waals surface area contributed by atoms with E-state index in [2.05, 4.69) is 10.3 Å². The van der Waals surface area contributed by atoms with Gasteiger partial charge < -0.3 is 10.1 Å². The van der Waals surface area contributed by atoms with Gasteiger partial charge in [-0.15, -0.1) is 0 Å². The Bertz CT molecular complexity index is 939. The number of para-hydroxylation sites is 1. The van der Waals surface area contributed by atoms with Crippen molar-refractivity contribution in [1.29, 1.82) is 0 Å². The van der Waals surface area contributed by atoms with E-state index in [0.717, 1.165) is 0 Å². The molecule has 0 atom stereocenters. The van der Waals surface area contributed by atoms with Crippen LogP contribution in [0.4, 0.5) is 23.2 Å². The molecule has 1 N–H and O–H groups in total. The lowest BCUT2D eigenvalue weighted by atomic mass is 10.2. The molecular formula is C18H10F4N2O2. The second kappa shape index (κ2) is 7.22. The minimum atomic E-state index is -1.84. The molecule has 0 saturated heterocycles. The standard InChI is InChI=1S/C18H10F4N2O2/c19-13-15(14(20)17(22)24-16(13)21)26-12-8-4-5-10(9-12)18(25)23-11-6-2-1-3-7-11/h1-9H,(H,23,25). The van der Waals surface area contributed by atoms with Crippen LogP contribution < -0.4 is 10.1 Å². The first-order valence-corrected chi connectivity index (χ1v) is 7.30. The molecule has 1 heterocycles. The van der Waals surface area contributed by atoms with Crippen LogP contribution in [-0.2, 0) is 0 Å². The molecule has 1 amide bonds. The Morgan fingerprint density at radius 3 is 2.19 bits per heavy atom. The van der Waals surface area contributed by atoms with Crippen molar-refractivity contribution in [2.45, 2.75) is 0 Å². The number of halogens is 4. The second-order valence-electron chi connectivity index (χ2n) is 5.10. The highest BCUT2D eigenvalue weighted by atomic mass is 19.2. The summed E-state index contributed by atoms with van der Waals surface area (Å²) in [6, 6.07) is 13.9. The number of nitrogens with zero attached hydrogens (tertiary/aromatic N) is 1. The van der Waals surface area contributed by atoms with Crippen LogP contribution in [0.2, 0.25) is 0 Å². The lowest BCUT2D eigenvalue weighted by molar-refractivity contribution is 0.102. The van der Waals surface area contributed by atoms with Crippen LogP contribution in [0.15, 0.2) is 54.6 Å². The topological polar surface area (TPSA) is 51.2 Å². The fourth-order valence-electron chi connectivity index (χ4n) is 2.10. The lowest BCUT2D eigenvalue weighted by Crippen LogP contribution is -2.11. The van der Waals surface area contributed by atoms with E-state index in [1.54, 1.807) is 30.3 Å². The van der Waals surface area contributed by atoms with Gasteiger partial charge in [0.1, 0.15) is 5.75 Å². The van der Waals surface area contributed by atoms with Crippen molar-refractivity contribution in [1.82, 2.24) is 4.98 Å². The van der Waals surface area contributed by atoms with Gasteiger partial charge in [0.05, 0.1) is 0 Å². The molecule has 0 radical (unpaired) electrons. The van der Waals surface area contributed by atoms with Crippen LogP contribution in [0.1, 0.15) is 10.4 Å². The van der Waals surface area contributed by atoms with Gasteiger partial charge in [-0.3, -0.25) is 4.79 Å². The van der Waals surface area contributed by atoms with Crippen molar-refractivity contribution in [2.24, 2.45) is 0 Å². The Labute approximate surface area is 145 Å². The van der Waals surface area contributed by atoms with Crippen LogP contribution >= 0.6 is 0 Å². The van der Waals surface area contributed by atoms with Gasteiger partial charge in [-0.05, 0) is 30.3 Å². The fourth-order valence-corrected chi connectivity index (χ4v) is 2.10. The summed E-state index contributed by atoms with van der Waals surface area (Å²) in [5, 5.41) is 2.62. The minimum absolute atomic E-state index is 0.113. The zero-order valence-corrected chi connectivity index (χ0v) is 13.0. The third kappa shape index (κ3) is 3.64. The molecule has 1 aromatic heterocycles. The van der Waals surface area contributed by atoms with Crippen molar-refractivity contribution < 1.29 is 27.1 Å². The highest BCUT2D eigenvalue weighted by Gasteiger charge is 2.23. The number of aromatic nitrogens is 1. The van der Waals surface area contributed by atoms with Crippen molar-refractivity contribution in [2.75, 3.05) is 5.32 Å². The van der Waals surface area contributed by atoms with E-state index in [9.17, 15) is 22.4 Å². The Morgan fingerprint density at radius 1 is 0.885 bits per heavy atom. The average molecular weight is 362 g/mol. The zero-order chi connectivity index (χ0) is 18.7. The number of pyridine rings is 1. The highest BCUT2D eigenvalue weighted by Crippen LogP contribution is 2.30. The number of anilines is 1. The average Bonchev–Trinajstić information content (AvgIpc) is 2.65. The van der Waals surface area contributed by atoms with Crippen LogP contribution in [0.25, 0.3) is 0 Å². The van der Waals surface area contributed by atoms with Crippen molar-refractivity contribution >= 4 is 11.6 Å². The quantitative estimate of drug-likeness (QED) is 0.541. The van der Waals surface area contributed by atoms with E-state index in [1.165, 1.54) is 24.3 Å². The van der Waals surface area contributed by atoms with Crippen LogP contribution in [0, 0.1) is 23.5 Å². The first-order valence-electron chi connectivity index (χ1n) is 7.30. The van der Waals surface area contributed by atoms with E-state index < -0.39 is 35.2 Å². The number of benzene rings is 2. The Kier molecular flexibility index (Phi) is 4.83. The van der Waals surface area contributed by atoms with E-state index in [1.807, 2.05) is 0 Å². The number of hydrogen-bond donors (Lipinski definition) is 1. The molecule has 0 aliphatic heterocycles. The molecule has 0 aliphatic carbocycles. The van der Waals surface area contributed by atoms with E-state index >= 15 is 0 Å². The molecule has 0 spiro atoms. The maximum atomic E-state index is 13.6. The molecule has 132 valence electrons. The molecule has 2 aromatic carbocycles. The molecule has 8 heteroatoms. The number of hydrogen-bond acceptors (Lipinski definition) is 3. The number of amides is 1. The molecule has 3 rings (SSSR count). The van der Waals surface area contributed by atoms with Crippen molar-refractivity contribution in [3.63, 3.8) is 0 Å². The number of ether oxygens (including phenoxy) is 1. The largest absolute Gasteiger partial charge is 0.451 e. The predicted molar refractivity (Wildman–Crippen MR) is 85.0 cm³/mol. The second-order valence-corrected chi connectivity index (χ2v) is 5.10. The van der Waals surface area contributed by atoms with Gasteiger partial charge in [-0.1, -0.05) is 24.3 Å². The third-order valence-corrected chi connectivity index (χ3v) is 3.31. The monoisotopic (exact) mass is 362 g/mol. The summed E-state index contributed by atoms with van der Waals surface area (Å²) in [5.74, 6) is -9.20. The Morgan fingerprint density at radius 2 is 1.54 bits per heavy atom. The third-order valence-electron chi connectivity index (χ3n) is 3.31. The Balaban J connectivity index is 1.86. The van der Waals surface area contributed by atoms with Gasteiger partial charge in [0.15, 0.2) is 0 Å². The molecule has 0 aliphatic rings. The van der Waals surface area contributed by atoms with Crippen LogP contribution in [0.3, 0.4) is 0 Å². The van der Waals surface area contributed by atoms with Crippen molar-refractivity contribution in [3.8, 4) is 11.5 Å². The fraction of sp³-hybridized carbons (Fsp3) is 0. The molecule has 3 aromatic rings. The first kappa shape index (κ1) is 17.4. The Hall–Kier alpha value is -3.42. The van der Waals surface area contributed by atoms with Gasteiger partial charge in [0, 0.05) is 11.3 Å². The molecule has 0 unspecified atom stereocenters. The van der Waals surface area contributed by atoms with Gasteiger partial charge >= 0.3 is 0 Å².